The lowest BCUT2D eigenvalue weighted by atomic mass is 10.1. The molecular weight excluding hydrogens is 267 g/mol. The highest BCUT2D eigenvalue weighted by atomic mass is 19.1. The molecule has 0 bridgehead atoms. The first kappa shape index (κ1) is 15.2. The Bertz CT molecular complexity index is 655. The fourth-order valence-corrected chi connectivity index (χ4v) is 2.16. The van der Waals surface area contributed by atoms with Crippen molar-refractivity contribution >= 4 is 5.91 Å². The first-order chi connectivity index (χ1) is 9.97. The number of carbonyl (C=O) groups is 1. The van der Waals surface area contributed by atoms with Gasteiger partial charge in [-0.25, -0.2) is 4.39 Å². The van der Waals surface area contributed by atoms with Crippen molar-refractivity contribution in [1.82, 2.24) is 5.32 Å². The molecule has 4 heteroatoms. The quantitative estimate of drug-likeness (QED) is 0.887. The molecule has 0 aliphatic rings. The van der Waals surface area contributed by atoms with Crippen LogP contribution < -0.4 is 11.1 Å². The molecule has 0 spiro atoms. The summed E-state index contributed by atoms with van der Waals surface area (Å²) in [5, 5.41) is 3.28. The lowest BCUT2D eigenvalue weighted by Gasteiger charge is -2.15. The molecule has 0 saturated heterocycles. The number of aryl methyl sites for hydroxylation is 1. The molecule has 1 amide bonds. The Morgan fingerprint density at radius 1 is 1.29 bits per heavy atom. The van der Waals surface area contributed by atoms with E-state index < -0.39 is 11.7 Å². The normalized spacial score (nSPS) is 12.1. The van der Waals surface area contributed by atoms with Gasteiger partial charge in [-0.2, -0.15) is 0 Å². The van der Waals surface area contributed by atoms with Gasteiger partial charge < -0.3 is 11.1 Å². The van der Waals surface area contributed by atoms with E-state index in [0.717, 1.165) is 5.56 Å². The standard InChI is InChI=1S/C17H19FN2O/c1-11-4-3-5-13(8-11)12(2)20-10-15-7-6-14(17(19)21)9-16(15)18/h3-9,12,20H,10H2,1-2H3,(H2,19,21)/t12-/m0/s1. The van der Waals surface area contributed by atoms with E-state index in [2.05, 4.69) is 11.4 Å². The highest BCUT2D eigenvalue weighted by Gasteiger charge is 2.09. The number of rotatable bonds is 5. The molecular formula is C17H19FN2O. The lowest BCUT2D eigenvalue weighted by Crippen LogP contribution is -2.19. The van der Waals surface area contributed by atoms with E-state index in [1.165, 1.54) is 11.6 Å². The van der Waals surface area contributed by atoms with Gasteiger partial charge in [-0.05, 0) is 31.5 Å². The Labute approximate surface area is 124 Å². The maximum Gasteiger partial charge on any atom is 0.248 e. The molecule has 110 valence electrons. The highest BCUT2D eigenvalue weighted by molar-refractivity contribution is 5.92. The third-order valence-electron chi connectivity index (χ3n) is 3.48. The molecule has 2 aromatic carbocycles. The molecule has 0 aliphatic carbocycles. The molecule has 0 unspecified atom stereocenters. The summed E-state index contributed by atoms with van der Waals surface area (Å²) in [6, 6.07) is 12.6. The number of primary amides is 1. The van der Waals surface area contributed by atoms with Gasteiger partial charge in [0.2, 0.25) is 5.91 Å². The average molecular weight is 286 g/mol. The molecule has 0 saturated carbocycles. The number of nitrogens with one attached hydrogen (secondary N) is 1. The van der Waals surface area contributed by atoms with Crippen LogP contribution in [0.1, 0.15) is 40.0 Å². The SMILES string of the molecule is Cc1cccc([C@H](C)NCc2ccc(C(N)=O)cc2F)c1. The number of amides is 1. The summed E-state index contributed by atoms with van der Waals surface area (Å²) < 4.78 is 13.9. The Morgan fingerprint density at radius 3 is 2.67 bits per heavy atom. The van der Waals surface area contributed by atoms with Crippen LogP contribution >= 0.6 is 0 Å². The van der Waals surface area contributed by atoms with Crippen LogP contribution in [0.2, 0.25) is 0 Å². The van der Waals surface area contributed by atoms with E-state index in [9.17, 15) is 9.18 Å². The van der Waals surface area contributed by atoms with Gasteiger partial charge in [0.05, 0.1) is 0 Å². The molecule has 0 heterocycles. The Kier molecular flexibility index (Phi) is 4.70. The maximum absolute atomic E-state index is 13.9. The van der Waals surface area contributed by atoms with Crippen LogP contribution in [0.5, 0.6) is 0 Å². The number of hydrogen-bond acceptors (Lipinski definition) is 2. The van der Waals surface area contributed by atoms with Gasteiger partial charge in [-0.1, -0.05) is 35.9 Å². The zero-order chi connectivity index (χ0) is 15.4. The summed E-state index contributed by atoms with van der Waals surface area (Å²) in [7, 11) is 0. The second kappa shape index (κ2) is 6.50. The Morgan fingerprint density at radius 2 is 2.05 bits per heavy atom. The zero-order valence-corrected chi connectivity index (χ0v) is 12.2. The topological polar surface area (TPSA) is 55.1 Å². The minimum atomic E-state index is -0.624. The molecule has 2 rings (SSSR count). The summed E-state index contributed by atoms with van der Waals surface area (Å²) in [5.74, 6) is -1.04. The lowest BCUT2D eigenvalue weighted by molar-refractivity contribution is 0.1000. The third-order valence-corrected chi connectivity index (χ3v) is 3.48. The minimum absolute atomic E-state index is 0.111. The summed E-state index contributed by atoms with van der Waals surface area (Å²) in [6.45, 7) is 4.46. The van der Waals surface area contributed by atoms with Crippen molar-refractivity contribution < 1.29 is 9.18 Å². The molecule has 0 aromatic heterocycles. The smallest absolute Gasteiger partial charge is 0.248 e. The van der Waals surface area contributed by atoms with Crippen LogP contribution in [0.15, 0.2) is 42.5 Å². The van der Waals surface area contributed by atoms with Crippen LogP contribution in [-0.2, 0) is 6.54 Å². The van der Waals surface area contributed by atoms with Crippen molar-refractivity contribution in [1.29, 1.82) is 0 Å². The fourth-order valence-electron chi connectivity index (χ4n) is 2.16. The van der Waals surface area contributed by atoms with E-state index >= 15 is 0 Å². The van der Waals surface area contributed by atoms with Crippen molar-refractivity contribution in [3.8, 4) is 0 Å². The second-order valence-electron chi connectivity index (χ2n) is 5.19. The van der Waals surface area contributed by atoms with Crippen molar-refractivity contribution in [2.75, 3.05) is 0 Å². The van der Waals surface area contributed by atoms with Crippen molar-refractivity contribution in [3.05, 3.63) is 70.5 Å². The number of nitrogens with two attached hydrogens (primary N) is 1. The van der Waals surface area contributed by atoms with Crippen LogP contribution in [-0.4, -0.2) is 5.91 Å². The van der Waals surface area contributed by atoms with Crippen LogP contribution in [0.25, 0.3) is 0 Å². The summed E-state index contributed by atoms with van der Waals surface area (Å²) in [5.41, 5.74) is 8.17. The van der Waals surface area contributed by atoms with Crippen LogP contribution in [0, 0.1) is 12.7 Å². The third kappa shape index (κ3) is 3.89. The summed E-state index contributed by atoms with van der Waals surface area (Å²) in [4.78, 5) is 11.0. The van der Waals surface area contributed by atoms with Gasteiger partial charge in [0.25, 0.3) is 0 Å². The van der Waals surface area contributed by atoms with Crippen LogP contribution in [0.3, 0.4) is 0 Å². The van der Waals surface area contributed by atoms with Crippen molar-refractivity contribution in [3.63, 3.8) is 0 Å². The highest BCUT2D eigenvalue weighted by Crippen LogP contribution is 2.16. The van der Waals surface area contributed by atoms with E-state index in [1.807, 2.05) is 32.0 Å². The van der Waals surface area contributed by atoms with Crippen molar-refractivity contribution in [2.45, 2.75) is 26.4 Å². The molecule has 1 atom stereocenters. The van der Waals surface area contributed by atoms with E-state index in [1.54, 1.807) is 12.1 Å². The van der Waals surface area contributed by atoms with E-state index in [4.69, 9.17) is 5.73 Å². The number of hydrogen-bond donors (Lipinski definition) is 2. The van der Waals surface area contributed by atoms with Gasteiger partial charge in [-0.15, -0.1) is 0 Å². The average Bonchev–Trinajstić information content (AvgIpc) is 2.45. The second-order valence-corrected chi connectivity index (χ2v) is 5.19. The number of benzene rings is 2. The molecule has 3 N–H and O–H groups in total. The Hall–Kier alpha value is -2.20. The predicted molar refractivity (Wildman–Crippen MR) is 81.4 cm³/mol. The predicted octanol–water partition coefficient (Wildman–Crippen LogP) is 3.08. The van der Waals surface area contributed by atoms with E-state index in [0.29, 0.717) is 12.1 Å². The summed E-state index contributed by atoms with van der Waals surface area (Å²) in [6.07, 6.45) is 0. The van der Waals surface area contributed by atoms with Gasteiger partial charge in [0.15, 0.2) is 0 Å². The first-order valence-electron chi connectivity index (χ1n) is 6.85. The van der Waals surface area contributed by atoms with Gasteiger partial charge in [0.1, 0.15) is 5.82 Å². The molecule has 2 aromatic rings. The van der Waals surface area contributed by atoms with Gasteiger partial charge in [-0.3, -0.25) is 4.79 Å². The first-order valence-corrected chi connectivity index (χ1v) is 6.85. The minimum Gasteiger partial charge on any atom is -0.366 e. The largest absolute Gasteiger partial charge is 0.366 e. The zero-order valence-electron chi connectivity index (χ0n) is 12.2. The van der Waals surface area contributed by atoms with Gasteiger partial charge >= 0.3 is 0 Å². The molecule has 0 aliphatic heterocycles. The molecule has 3 nitrogen and oxygen atoms in total. The molecule has 0 radical (unpaired) electrons. The van der Waals surface area contributed by atoms with Crippen LogP contribution in [0.4, 0.5) is 4.39 Å². The molecule has 21 heavy (non-hydrogen) atoms. The monoisotopic (exact) mass is 286 g/mol. The number of halogens is 1. The Balaban J connectivity index is 2.04. The summed E-state index contributed by atoms with van der Waals surface area (Å²) >= 11 is 0. The number of carbonyl (C=O) groups excluding carboxylic acids is 1. The van der Waals surface area contributed by atoms with Crippen molar-refractivity contribution in [2.24, 2.45) is 5.73 Å². The maximum atomic E-state index is 13.9. The fraction of sp³-hybridized carbons (Fsp3) is 0.235. The van der Waals surface area contributed by atoms with Gasteiger partial charge in [0, 0.05) is 23.7 Å². The molecule has 0 fully saturated rings. The van der Waals surface area contributed by atoms with E-state index in [-0.39, 0.29) is 11.6 Å².